The number of amides is 1. The SMILES string of the molecule is Cc1cc(=O)c(C(=O)NCCN(C(C)C)C(C)C)nn1-c1cccc(C(F)(F)F)c1. The maximum absolute atomic E-state index is 13.0. The fourth-order valence-electron chi connectivity index (χ4n) is 3.27. The first-order chi connectivity index (χ1) is 13.9. The second-order valence-electron chi connectivity index (χ2n) is 7.64. The van der Waals surface area contributed by atoms with E-state index < -0.39 is 23.1 Å². The first-order valence-corrected chi connectivity index (χ1v) is 9.74. The smallest absolute Gasteiger partial charge is 0.349 e. The standard InChI is InChI=1S/C21H27F3N4O2/c1-13(2)27(14(3)4)10-9-25-20(30)19-18(29)11-15(5)28(26-19)17-8-6-7-16(12-17)21(22,23)24/h6-8,11-14H,9-10H2,1-5H3,(H,25,30). The van der Waals surface area contributed by atoms with Gasteiger partial charge in [-0.1, -0.05) is 6.07 Å². The van der Waals surface area contributed by atoms with Crippen LogP contribution in [-0.4, -0.2) is 45.8 Å². The first-order valence-electron chi connectivity index (χ1n) is 9.74. The number of nitrogens with zero attached hydrogens (tertiary/aromatic N) is 3. The lowest BCUT2D eigenvalue weighted by atomic mass is 10.2. The van der Waals surface area contributed by atoms with E-state index in [1.54, 1.807) is 6.92 Å². The molecule has 0 saturated carbocycles. The minimum atomic E-state index is -4.51. The quantitative estimate of drug-likeness (QED) is 0.740. The Morgan fingerprint density at radius 2 is 1.80 bits per heavy atom. The summed E-state index contributed by atoms with van der Waals surface area (Å²) in [6.07, 6.45) is -4.51. The van der Waals surface area contributed by atoms with E-state index in [2.05, 4.69) is 43.0 Å². The van der Waals surface area contributed by atoms with Gasteiger partial charge in [-0.15, -0.1) is 0 Å². The zero-order valence-corrected chi connectivity index (χ0v) is 17.7. The molecular formula is C21H27F3N4O2. The number of alkyl halides is 3. The zero-order chi connectivity index (χ0) is 22.6. The predicted molar refractivity (Wildman–Crippen MR) is 109 cm³/mol. The lowest BCUT2D eigenvalue weighted by Crippen LogP contribution is -2.43. The molecule has 0 aliphatic heterocycles. The number of hydrogen-bond acceptors (Lipinski definition) is 4. The monoisotopic (exact) mass is 424 g/mol. The lowest BCUT2D eigenvalue weighted by Gasteiger charge is -2.30. The highest BCUT2D eigenvalue weighted by atomic mass is 19.4. The normalized spacial score (nSPS) is 12.1. The van der Waals surface area contributed by atoms with E-state index in [-0.39, 0.29) is 23.5 Å². The van der Waals surface area contributed by atoms with Crippen LogP contribution in [-0.2, 0) is 6.18 Å². The summed E-state index contributed by atoms with van der Waals surface area (Å²) in [5.74, 6) is -0.659. The van der Waals surface area contributed by atoms with Crippen molar-refractivity contribution < 1.29 is 18.0 Å². The van der Waals surface area contributed by atoms with Gasteiger partial charge in [0.05, 0.1) is 11.3 Å². The summed E-state index contributed by atoms with van der Waals surface area (Å²) in [6, 6.07) is 6.33. The van der Waals surface area contributed by atoms with Crippen LogP contribution in [0.2, 0.25) is 0 Å². The molecule has 0 aliphatic rings. The van der Waals surface area contributed by atoms with Crippen molar-refractivity contribution in [3.63, 3.8) is 0 Å². The lowest BCUT2D eigenvalue weighted by molar-refractivity contribution is -0.137. The van der Waals surface area contributed by atoms with Crippen LogP contribution in [0, 0.1) is 6.92 Å². The van der Waals surface area contributed by atoms with Crippen molar-refractivity contribution in [3.05, 3.63) is 57.5 Å². The number of rotatable bonds is 7. The number of benzene rings is 1. The molecule has 30 heavy (non-hydrogen) atoms. The van der Waals surface area contributed by atoms with Gasteiger partial charge in [0, 0.05) is 36.9 Å². The molecule has 164 valence electrons. The summed E-state index contributed by atoms with van der Waals surface area (Å²) in [5, 5.41) is 6.72. The Morgan fingerprint density at radius 3 is 2.37 bits per heavy atom. The van der Waals surface area contributed by atoms with Gasteiger partial charge in [-0.3, -0.25) is 14.5 Å². The maximum atomic E-state index is 13.0. The molecule has 0 aliphatic carbocycles. The molecule has 2 rings (SSSR count). The summed E-state index contributed by atoms with van der Waals surface area (Å²) in [4.78, 5) is 27.0. The number of aromatic nitrogens is 2. The maximum Gasteiger partial charge on any atom is 0.416 e. The average molecular weight is 424 g/mol. The number of carbonyl (C=O) groups is 1. The largest absolute Gasteiger partial charge is 0.416 e. The van der Waals surface area contributed by atoms with Crippen molar-refractivity contribution >= 4 is 5.91 Å². The number of aryl methyl sites for hydroxylation is 1. The Balaban J connectivity index is 2.27. The Labute approximate surface area is 173 Å². The van der Waals surface area contributed by atoms with Gasteiger partial charge in [0.25, 0.3) is 5.91 Å². The Morgan fingerprint density at radius 1 is 1.17 bits per heavy atom. The molecule has 1 N–H and O–H groups in total. The highest BCUT2D eigenvalue weighted by Crippen LogP contribution is 2.30. The van der Waals surface area contributed by atoms with E-state index in [4.69, 9.17) is 0 Å². The van der Waals surface area contributed by atoms with Crippen molar-refractivity contribution in [2.45, 2.75) is 52.9 Å². The van der Waals surface area contributed by atoms with Crippen molar-refractivity contribution in [1.29, 1.82) is 0 Å². The molecule has 0 saturated heterocycles. The van der Waals surface area contributed by atoms with Crippen LogP contribution in [0.15, 0.2) is 35.1 Å². The average Bonchev–Trinajstić information content (AvgIpc) is 2.64. The Bertz CT molecular complexity index is 944. The van der Waals surface area contributed by atoms with E-state index >= 15 is 0 Å². The summed E-state index contributed by atoms with van der Waals surface area (Å²) in [6.45, 7) is 10.7. The molecule has 1 aromatic heterocycles. The summed E-state index contributed by atoms with van der Waals surface area (Å²) in [7, 11) is 0. The van der Waals surface area contributed by atoms with E-state index in [0.29, 0.717) is 18.8 Å². The van der Waals surface area contributed by atoms with E-state index in [0.717, 1.165) is 12.1 Å². The predicted octanol–water partition coefficient (Wildman–Crippen LogP) is 3.41. The second-order valence-corrected chi connectivity index (χ2v) is 7.64. The van der Waals surface area contributed by atoms with Gasteiger partial charge >= 0.3 is 6.18 Å². The summed E-state index contributed by atoms with van der Waals surface area (Å²) >= 11 is 0. The van der Waals surface area contributed by atoms with Gasteiger partial charge in [0.1, 0.15) is 0 Å². The van der Waals surface area contributed by atoms with Crippen molar-refractivity contribution in [2.75, 3.05) is 13.1 Å². The number of nitrogens with one attached hydrogen (secondary N) is 1. The van der Waals surface area contributed by atoms with E-state index in [1.165, 1.54) is 22.9 Å². The molecule has 0 spiro atoms. The van der Waals surface area contributed by atoms with Gasteiger partial charge in [-0.2, -0.15) is 18.3 Å². The van der Waals surface area contributed by atoms with Crippen LogP contribution in [0.5, 0.6) is 0 Å². The topological polar surface area (TPSA) is 67.2 Å². The molecule has 2 aromatic rings. The molecule has 1 heterocycles. The molecule has 6 nitrogen and oxygen atoms in total. The fourth-order valence-corrected chi connectivity index (χ4v) is 3.27. The molecule has 0 fully saturated rings. The third-order valence-electron chi connectivity index (χ3n) is 4.72. The highest BCUT2D eigenvalue weighted by molar-refractivity contribution is 5.92. The van der Waals surface area contributed by atoms with Crippen molar-refractivity contribution in [1.82, 2.24) is 20.0 Å². The van der Waals surface area contributed by atoms with Gasteiger partial charge in [0.2, 0.25) is 5.43 Å². The zero-order valence-electron chi connectivity index (χ0n) is 17.7. The number of halogens is 3. The molecular weight excluding hydrogens is 397 g/mol. The minimum Gasteiger partial charge on any atom is -0.349 e. The van der Waals surface area contributed by atoms with Crippen LogP contribution in [0.4, 0.5) is 13.2 Å². The molecule has 0 unspecified atom stereocenters. The van der Waals surface area contributed by atoms with Crippen LogP contribution < -0.4 is 10.7 Å². The molecule has 1 amide bonds. The third-order valence-corrected chi connectivity index (χ3v) is 4.72. The molecule has 9 heteroatoms. The van der Waals surface area contributed by atoms with Crippen LogP contribution in [0.1, 0.15) is 49.4 Å². The fraction of sp³-hybridized carbons (Fsp3) is 0.476. The van der Waals surface area contributed by atoms with E-state index in [1.807, 2.05) is 0 Å². The molecule has 0 radical (unpaired) electrons. The Kier molecular flexibility index (Phi) is 7.41. The van der Waals surface area contributed by atoms with Gasteiger partial charge < -0.3 is 5.32 Å². The number of carbonyl (C=O) groups excluding carboxylic acids is 1. The molecule has 1 aromatic carbocycles. The van der Waals surface area contributed by atoms with Crippen LogP contribution in [0.3, 0.4) is 0 Å². The van der Waals surface area contributed by atoms with Gasteiger partial charge in [-0.25, -0.2) is 4.68 Å². The molecule has 0 atom stereocenters. The second kappa shape index (κ2) is 9.42. The van der Waals surface area contributed by atoms with Crippen LogP contribution in [0.25, 0.3) is 5.69 Å². The van der Waals surface area contributed by atoms with Gasteiger partial charge in [-0.05, 0) is 52.8 Å². The highest BCUT2D eigenvalue weighted by Gasteiger charge is 2.30. The minimum absolute atomic E-state index is 0.113. The Hall–Kier alpha value is -2.68. The van der Waals surface area contributed by atoms with Crippen LogP contribution >= 0.6 is 0 Å². The van der Waals surface area contributed by atoms with Crippen molar-refractivity contribution in [2.24, 2.45) is 0 Å². The number of hydrogen-bond donors (Lipinski definition) is 1. The summed E-state index contributed by atoms with van der Waals surface area (Å²) in [5.41, 5.74) is -1.35. The third kappa shape index (κ3) is 5.69. The van der Waals surface area contributed by atoms with Gasteiger partial charge in [0.15, 0.2) is 5.69 Å². The molecule has 0 bridgehead atoms. The summed E-state index contributed by atoms with van der Waals surface area (Å²) < 4.78 is 40.2. The van der Waals surface area contributed by atoms with Crippen molar-refractivity contribution in [3.8, 4) is 5.69 Å². The first kappa shape index (κ1) is 23.6. The van der Waals surface area contributed by atoms with E-state index in [9.17, 15) is 22.8 Å².